The van der Waals surface area contributed by atoms with E-state index in [4.69, 9.17) is 4.74 Å². The van der Waals surface area contributed by atoms with Gasteiger partial charge in [0.1, 0.15) is 5.75 Å². The number of anilines is 1. The minimum atomic E-state index is -0.197. The number of nitrogens with one attached hydrogen (secondary N) is 2. The van der Waals surface area contributed by atoms with E-state index in [0.29, 0.717) is 6.61 Å². The highest BCUT2D eigenvalue weighted by molar-refractivity contribution is 5.84. The first kappa shape index (κ1) is 17.5. The van der Waals surface area contributed by atoms with Crippen molar-refractivity contribution in [3.05, 3.63) is 59.2 Å². The summed E-state index contributed by atoms with van der Waals surface area (Å²) in [6, 6.07) is 13.6. The number of ether oxygens (including phenoxy) is 1. The number of benzene rings is 2. The molecule has 2 rings (SSSR count). The van der Waals surface area contributed by atoms with E-state index in [1.165, 1.54) is 5.56 Å². The van der Waals surface area contributed by atoms with Crippen molar-refractivity contribution >= 4 is 17.8 Å². The van der Waals surface area contributed by atoms with Crippen molar-refractivity contribution in [3.63, 3.8) is 0 Å². The van der Waals surface area contributed by atoms with Gasteiger partial charge in [0.15, 0.2) is 0 Å². The average Bonchev–Trinajstić information content (AvgIpc) is 2.56. The van der Waals surface area contributed by atoms with E-state index >= 15 is 0 Å². The second-order valence-electron chi connectivity index (χ2n) is 5.47. The predicted octanol–water partition coefficient (Wildman–Crippen LogP) is 3.26. The molecule has 0 atom stereocenters. The number of carbonyl (C=O) groups is 1. The smallest absolute Gasteiger partial charge is 0.259 e. The third-order valence-electron chi connectivity index (χ3n) is 3.42. The Labute approximate surface area is 142 Å². The van der Waals surface area contributed by atoms with Crippen LogP contribution in [0.5, 0.6) is 5.75 Å². The summed E-state index contributed by atoms with van der Waals surface area (Å²) in [5.41, 5.74) is 6.66. The maximum atomic E-state index is 11.8. The van der Waals surface area contributed by atoms with Gasteiger partial charge in [0.25, 0.3) is 5.91 Å². The van der Waals surface area contributed by atoms with E-state index in [0.717, 1.165) is 22.6 Å². The molecular formula is C19H23N3O2. The second kappa shape index (κ2) is 8.72. The molecule has 0 aromatic heterocycles. The molecular weight excluding hydrogens is 302 g/mol. The van der Waals surface area contributed by atoms with E-state index < -0.39 is 0 Å². The number of carbonyl (C=O) groups excluding carboxylic acids is 1. The highest BCUT2D eigenvalue weighted by Gasteiger charge is 2.02. The molecule has 0 radical (unpaired) electrons. The van der Waals surface area contributed by atoms with Crippen molar-refractivity contribution in [1.82, 2.24) is 5.43 Å². The molecule has 0 spiro atoms. The van der Waals surface area contributed by atoms with Crippen molar-refractivity contribution in [1.29, 1.82) is 0 Å². The Morgan fingerprint density at radius 1 is 1.17 bits per heavy atom. The molecule has 0 aliphatic rings. The first-order chi connectivity index (χ1) is 11.6. The Kier molecular flexibility index (Phi) is 6.37. The first-order valence-corrected chi connectivity index (χ1v) is 7.94. The summed E-state index contributed by atoms with van der Waals surface area (Å²) in [6.45, 7) is 6.80. The highest BCUT2D eigenvalue weighted by atomic mass is 16.5. The number of nitrogens with zero attached hydrogens (tertiary/aromatic N) is 1. The molecule has 0 bridgehead atoms. The van der Waals surface area contributed by atoms with Gasteiger partial charge >= 0.3 is 0 Å². The van der Waals surface area contributed by atoms with Crippen LogP contribution in [-0.4, -0.2) is 25.3 Å². The molecule has 1 amide bonds. The van der Waals surface area contributed by atoms with Gasteiger partial charge in [-0.15, -0.1) is 0 Å². The van der Waals surface area contributed by atoms with Gasteiger partial charge in [-0.05, 0) is 62.2 Å². The first-order valence-electron chi connectivity index (χ1n) is 7.94. The molecule has 5 heteroatoms. The number of aryl methyl sites for hydroxylation is 2. The van der Waals surface area contributed by atoms with Crippen LogP contribution in [0.1, 0.15) is 23.6 Å². The minimum absolute atomic E-state index is 0.171. The van der Waals surface area contributed by atoms with Crippen LogP contribution in [0, 0.1) is 13.8 Å². The Morgan fingerprint density at radius 2 is 1.92 bits per heavy atom. The second-order valence-corrected chi connectivity index (χ2v) is 5.47. The zero-order chi connectivity index (χ0) is 17.4. The summed E-state index contributed by atoms with van der Waals surface area (Å²) in [4.78, 5) is 11.8. The maximum Gasteiger partial charge on any atom is 0.259 e. The van der Waals surface area contributed by atoms with Crippen LogP contribution in [-0.2, 0) is 4.79 Å². The molecule has 0 saturated heterocycles. The van der Waals surface area contributed by atoms with Crippen molar-refractivity contribution < 1.29 is 9.53 Å². The summed E-state index contributed by atoms with van der Waals surface area (Å²) in [5.74, 6) is 0.619. The SMILES string of the molecule is CCOc1ccc(/C=N/NC(=O)CNc2ccc(C)cc2C)cc1. The van der Waals surface area contributed by atoms with Gasteiger partial charge < -0.3 is 10.1 Å². The van der Waals surface area contributed by atoms with Crippen molar-refractivity contribution in [2.45, 2.75) is 20.8 Å². The maximum absolute atomic E-state index is 11.8. The summed E-state index contributed by atoms with van der Waals surface area (Å²) in [7, 11) is 0. The predicted molar refractivity (Wildman–Crippen MR) is 97.8 cm³/mol. The Balaban J connectivity index is 1.80. The van der Waals surface area contributed by atoms with Crippen LogP contribution in [0.2, 0.25) is 0 Å². The summed E-state index contributed by atoms with van der Waals surface area (Å²) >= 11 is 0. The molecule has 5 nitrogen and oxygen atoms in total. The molecule has 2 N–H and O–H groups in total. The number of hydrogen-bond donors (Lipinski definition) is 2. The molecule has 0 aliphatic carbocycles. The molecule has 0 heterocycles. The zero-order valence-electron chi connectivity index (χ0n) is 14.3. The molecule has 0 unspecified atom stereocenters. The van der Waals surface area contributed by atoms with E-state index in [-0.39, 0.29) is 12.5 Å². The Morgan fingerprint density at radius 3 is 2.58 bits per heavy atom. The number of hydrazone groups is 1. The molecule has 2 aromatic rings. The van der Waals surface area contributed by atoms with E-state index in [2.05, 4.69) is 21.9 Å². The fraction of sp³-hybridized carbons (Fsp3) is 0.263. The fourth-order valence-electron chi connectivity index (χ4n) is 2.22. The topological polar surface area (TPSA) is 62.7 Å². The summed E-state index contributed by atoms with van der Waals surface area (Å²) in [5, 5.41) is 7.07. The zero-order valence-corrected chi connectivity index (χ0v) is 14.3. The molecule has 0 fully saturated rings. The largest absolute Gasteiger partial charge is 0.494 e. The quantitative estimate of drug-likeness (QED) is 0.607. The van der Waals surface area contributed by atoms with Crippen molar-refractivity contribution in [3.8, 4) is 5.75 Å². The average molecular weight is 325 g/mol. The van der Waals surface area contributed by atoms with E-state index in [1.807, 2.05) is 57.2 Å². The molecule has 24 heavy (non-hydrogen) atoms. The van der Waals surface area contributed by atoms with Gasteiger partial charge in [-0.25, -0.2) is 5.43 Å². The Hall–Kier alpha value is -2.82. The lowest BCUT2D eigenvalue weighted by Crippen LogP contribution is -2.26. The van der Waals surface area contributed by atoms with Gasteiger partial charge in [0, 0.05) is 5.69 Å². The summed E-state index contributed by atoms with van der Waals surface area (Å²) in [6.07, 6.45) is 1.60. The van der Waals surface area contributed by atoms with Crippen LogP contribution in [0.3, 0.4) is 0 Å². The standard InChI is InChI=1S/C19H23N3O2/c1-4-24-17-8-6-16(7-9-17)12-21-22-19(23)13-20-18-10-5-14(2)11-15(18)3/h5-12,20H,4,13H2,1-3H3,(H,22,23)/b21-12+. The van der Waals surface area contributed by atoms with Crippen LogP contribution < -0.4 is 15.5 Å². The van der Waals surface area contributed by atoms with Gasteiger partial charge in [-0.1, -0.05) is 17.7 Å². The van der Waals surface area contributed by atoms with Crippen molar-refractivity contribution in [2.24, 2.45) is 5.10 Å². The minimum Gasteiger partial charge on any atom is -0.494 e. The van der Waals surface area contributed by atoms with E-state index in [1.54, 1.807) is 6.21 Å². The third-order valence-corrected chi connectivity index (χ3v) is 3.42. The molecule has 2 aromatic carbocycles. The molecule has 0 aliphatic heterocycles. The lowest BCUT2D eigenvalue weighted by Gasteiger charge is -2.09. The van der Waals surface area contributed by atoms with Gasteiger partial charge in [-0.2, -0.15) is 5.10 Å². The van der Waals surface area contributed by atoms with Gasteiger partial charge in [-0.3, -0.25) is 4.79 Å². The number of hydrogen-bond acceptors (Lipinski definition) is 4. The summed E-state index contributed by atoms with van der Waals surface area (Å²) < 4.78 is 5.37. The van der Waals surface area contributed by atoms with Crippen LogP contribution in [0.25, 0.3) is 0 Å². The van der Waals surface area contributed by atoms with E-state index in [9.17, 15) is 4.79 Å². The monoisotopic (exact) mass is 325 g/mol. The van der Waals surface area contributed by atoms with Crippen LogP contribution >= 0.6 is 0 Å². The molecule has 126 valence electrons. The van der Waals surface area contributed by atoms with Crippen LogP contribution in [0.15, 0.2) is 47.6 Å². The normalized spacial score (nSPS) is 10.6. The molecule has 0 saturated carbocycles. The van der Waals surface area contributed by atoms with Crippen molar-refractivity contribution in [2.75, 3.05) is 18.5 Å². The highest BCUT2D eigenvalue weighted by Crippen LogP contribution is 2.15. The lowest BCUT2D eigenvalue weighted by atomic mass is 10.1. The number of amides is 1. The number of rotatable bonds is 7. The van der Waals surface area contributed by atoms with Gasteiger partial charge in [0.2, 0.25) is 0 Å². The fourth-order valence-corrected chi connectivity index (χ4v) is 2.22. The van der Waals surface area contributed by atoms with Gasteiger partial charge in [0.05, 0.1) is 19.4 Å². The third kappa shape index (κ3) is 5.43. The lowest BCUT2D eigenvalue weighted by molar-refractivity contribution is -0.119. The van der Waals surface area contributed by atoms with Crippen LogP contribution in [0.4, 0.5) is 5.69 Å². The Bertz CT molecular complexity index is 709.